The Labute approximate surface area is 198 Å². The summed E-state index contributed by atoms with van der Waals surface area (Å²) < 4.78 is 11.2. The van der Waals surface area contributed by atoms with Gasteiger partial charge in [-0.2, -0.15) is 0 Å². The van der Waals surface area contributed by atoms with Crippen LogP contribution in [0, 0.1) is 29.6 Å². The lowest BCUT2D eigenvalue weighted by molar-refractivity contribution is -0.158. The van der Waals surface area contributed by atoms with Crippen molar-refractivity contribution in [3.8, 4) is 0 Å². The van der Waals surface area contributed by atoms with E-state index in [-0.39, 0.29) is 30.2 Å². The molecule has 0 saturated heterocycles. The van der Waals surface area contributed by atoms with Crippen molar-refractivity contribution in [1.82, 2.24) is 0 Å². The van der Waals surface area contributed by atoms with Gasteiger partial charge in [0.1, 0.15) is 0 Å². The minimum atomic E-state index is -0.373. The van der Waals surface area contributed by atoms with Crippen LogP contribution in [-0.4, -0.2) is 25.2 Å². The molecule has 2 unspecified atom stereocenters. The fraction of sp³-hybridized carbons (Fsp3) is 0.929. The van der Waals surface area contributed by atoms with Crippen LogP contribution in [0.5, 0.6) is 0 Å². The van der Waals surface area contributed by atoms with Gasteiger partial charge in [-0.3, -0.25) is 9.59 Å². The molecule has 1 saturated carbocycles. The molecular weight excluding hydrogens is 400 g/mol. The fourth-order valence-electron chi connectivity index (χ4n) is 4.84. The van der Waals surface area contributed by atoms with E-state index in [4.69, 9.17) is 9.47 Å². The molecule has 1 aliphatic carbocycles. The van der Waals surface area contributed by atoms with Crippen LogP contribution < -0.4 is 0 Å². The minimum Gasteiger partial charge on any atom is -0.466 e. The van der Waals surface area contributed by atoms with Crippen LogP contribution in [0.1, 0.15) is 125 Å². The molecule has 0 aliphatic heterocycles. The molecule has 0 radical (unpaired) electrons. The first-order valence-corrected chi connectivity index (χ1v) is 13.6. The van der Waals surface area contributed by atoms with Crippen molar-refractivity contribution >= 4 is 11.9 Å². The third kappa shape index (κ3) is 13.5. The zero-order chi connectivity index (χ0) is 23.8. The van der Waals surface area contributed by atoms with Gasteiger partial charge in [0.05, 0.1) is 25.6 Å². The van der Waals surface area contributed by atoms with Gasteiger partial charge in [0, 0.05) is 0 Å². The lowest BCUT2D eigenvalue weighted by Crippen LogP contribution is -2.32. The van der Waals surface area contributed by atoms with E-state index < -0.39 is 0 Å². The van der Waals surface area contributed by atoms with Crippen LogP contribution in [0.3, 0.4) is 0 Å². The molecule has 188 valence electrons. The molecule has 0 N–H and O–H groups in total. The summed E-state index contributed by atoms with van der Waals surface area (Å²) >= 11 is 0. The van der Waals surface area contributed by atoms with Crippen LogP contribution in [0.15, 0.2) is 0 Å². The van der Waals surface area contributed by atoms with Gasteiger partial charge in [0.25, 0.3) is 0 Å². The number of esters is 2. The molecule has 0 spiro atoms. The topological polar surface area (TPSA) is 52.6 Å². The molecular formula is C28H52O4. The number of unbranched alkanes of at least 4 members (excludes halogenated alkanes) is 4. The summed E-state index contributed by atoms with van der Waals surface area (Å²) in [6.07, 6.45) is 15.0. The average molecular weight is 453 g/mol. The van der Waals surface area contributed by atoms with E-state index in [0.717, 1.165) is 50.4 Å². The van der Waals surface area contributed by atoms with Gasteiger partial charge in [-0.25, -0.2) is 0 Å². The Bertz CT molecular complexity index is 494. The molecule has 0 heterocycles. The highest BCUT2D eigenvalue weighted by molar-refractivity contribution is 5.80. The van der Waals surface area contributed by atoms with E-state index in [1.807, 2.05) is 0 Å². The molecule has 0 aromatic heterocycles. The maximum absolute atomic E-state index is 13.0. The maximum Gasteiger partial charge on any atom is 0.309 e. The predicted molar refractivity (Wildman–Crippen MR) is 132 cm³/mol. The lowest BCUT2D eigenvalue weighted by atomic mass is 9.74. The molecule has 0 aromatic rings. The van der Waals surface area contributed by atoms with Gasteiger partial charge in [0.15, 0.2) is 0 Å². The summed E-state index contributed by atoms with van der Waals surface area (Å²) in [5, 5.41) is 0. The third-order valence-corrected chi connectivity index (χ3v) is 7.08. The Hall–Kier alpha value is -1.06. The van der Waals surface area contributed by atoms with Crippen molar-refractivity contribution in [3.05, 3.63) is 0 Å². The maximum atomic E-state index is 13.0. The monoisotopic (exact) mass is 452 g/mol. The summed E-state index contributed by atoms with van der Waals surface area (Å²) in [6, 6.07) is 0. The van der Waals surface area contributed by atoms with Crippen LogP contribution >= 0.6 is 0 Å². The van der Waals surface area contributed by atoms with Crippen LogP contribution in [0.25, 0.3) is 0 Å². The molecule has 0 amide bonds. The standard InChI is InChI=1S/C28H52O4/c1-22(2)15-9-7-13-19-31-27(29)21-26(24(5)25-17-11-6-12-18-25)28(30)32-20-14-8-10-16-23(3)4/h22-26H,6-21H2,1-5H3. The minimum absolute atomic E-state index is 0.163. The van der Waals surface area contributed by atoms with Gasteiger partial charge in [0.2, 0.25) is 0 Å². The van der Waals surface area contributed by atoms with Gasteiger partial charge in [-0.05, 0) is 36.5 Å². The van der Waals surface area contributed by atoms with E-state index in [1.165, 1.54) is 44.9 Å². The quantitative estimate of drug-likeness (QED) is 0.167. The first kappa shape index (κ1) is 29.0. The van der Waals surface area contributed by atoms with Crippen molar-refractivity contribution in [1.29, 1.82) is 0 Å². The smallest absolute Gasteiger partial charge is 0.309 e. The van der Waals surface area contributed by atoms with Gasteiger partial charge in [-0.15, -0.1) is 0 Å². The number of rotatable bonds is 17. The summed E-state index contributed by atoms with van der Waals surface area (Å²) in [4.78, 5) is 25.5. The molecule has 2 atom stereocenters. The van der Waals surface area contributed by atoms with Gasteiger partial charge in [-0.1, -0.05) is 105 Å². The van der Waals surface area contributed by atoms with E-state index in [1.54, 1.807) is 0 Å². The Morgan fingerprint density at radius 2 is 1.25 bits per heavy atom. The summed E-state index contributed by atoms with van der Waals surface area (Å²) in [5.41, 5.74) is 0. The molecule has 1 fully saturated rings. The molecule has 0 aromatic carbocycles. The second-order valence-corrected chi connectivity index (χ2v) is 10.9. The fourth-order valence-corrected chi connectivity index (χ4v) is 4.84. The lowest BCUT2D eigenvalue weighted by Gasteiger charge is -2.32. The van der Waals surface area contributed by atoms with Gasteiger partial charge >= 0.3 is 11.9 Å². The van der Waals surface area contributed by atoms with Crippen LogP contribution in [0.2, 0.25) is 0 Å². The average Bonchev–Trinajstić information content (AvgIpc) is 2.76. The highest BCUT2D eigenvalue weighted by Gasteiger charge is 2.34. The van der Waals surface area contributed by atoms with Crippen molar-refractivity contribution < 1.29 is 19.1 Å². The Kier molecular flexibility index (Phi) is 15.8. The number of carbonyl (C=O) groups is 2. The van der Waals surface area contributed by atoms with Gasteiger partial charge < -0.3 is 9.47 Å². The molecule has 0 bridgehead atoms. The van der Waals surface area contributed by atoms with Crippen LogP contribution in [0.4, 0.5) is 0 Å². The van der Waals surface area contributed by atoms with E-state index in [2.05, 4.69) is 34.6 Å². The molecule has 4 heteroatoms. The first-order valence-electron chi connectivity index (χ1n) is 13.6. The highest BCUT2D eigenvalue weighted by atomic mass is 16.5. The third-order valence-electron chi connectivity index (χ3n) is 7.08. The zero-order valence-corrected chi connectivity index (χ0v) is 21.8. The largest absolute Gasteiger partial charge is 0.466 e. The Morgan fingerprint density at radius 1 is 0.719 bits per heavy atom. The number of ether oxygens (including phenoxy) is 2. The molecule has 4 nitrogen and oxygen atoms in total. The van der Waals surface area contributed by atoms with E-state index >= 15 is 0 Å². The highest BCUT2D eigenvalue weighted by Crippen LogP contribution is 2.35. The van der Waals surface area contributed by atoms with Crippen molar-refractivity contribution in [2.45, 2.75) is 125 Å². The van der Waals surface area contributed by atoms with E-state index in [0.29, 0.717) is 19.1 Å². The van der Waals surface area contributed by atoms with Crippen molar-refractivity contribution in [2.75, 3.05) is 13.2 Å². The zero-order valence-electron chi connectivity index (χ0n) is 21.8. The number of hydrogen-bond donors (Lipinski definition) is 0. The normalized spacial score (nSPS) is 16.8. The number of carbonyl (C=O) groups excluding carboxylic acids is 2. The first-order chi connectivity index (χ1) is 15.3. The van der Waals surface area contributed by atoms with Crippen molar-refractivity contribution in [3.63, 3.8) is 0 Å². The van der Waals surface area contributed by atoms with Crippen molar-refractivity contribution in [2.24, 2.45) is 29.6 Å². The van der Waals surface area contributed by atoms with Crippen LogP contribution in [-0.2, 0) is 19.1 Å². The Balaban J connectivity index is 2.47. The molecule has 32 heavy (non-hydrogen) atoms. The predicted octanol–water partition coefficient (Wildman–Crippen LogP) is 7.73. The SMILES string of the molecule is CC(C)CCCCCOC(=O)CC(C(=O)OCCCCCC(C)C)C(C)C1CCCCC1. The summed E-state index contributed by atoms with van der Waals surface area (Å²) in [6.45, 7) is 12.0. The number of hydrogen-bond acceptors (Lipinski definition) is 4. The summed E-state index contributed by atoms with van der Waals surface area (Å²) in [7, 11) is 0. The van der Waals surface area contributed by atoms with E-state index in [9.17, 15) is 9.59 Å². The molecule has 1 aliphatic rings. The Morgan fingerprint density at radius 3 is 1.78 bits per heavy atom. The summed E-state index contributed by atoms with van der Waals surface area (Å²) in [5.74, 6) is 1.32. The molecule has 1 rings (SSSR count). The second-order valence-electron chi connectivity index (χ2n) is 10.9. The second kappa shape index (κ2) is 17.4.